The molecule has 114 valence electrons. The van der Waals surface area contributed by atoms with Gasteiger partial charge in [-0.1, -0.05) is 13.0 Å². The highest BCUT2D eigenvalue weighted by Crippen LogP contribution is 2.17. The van der Waals surface area contributed by atoms with Gasteiger partial charge in [0.25, 0.3) is 5.56 Å². The fraction of sp³-hybridized carbons (Fsp3) is 0.533. The molecule has 6 nitrogen and oxygen atoms in total. The van der Waals surface area contributed by atoms with Crippen molar-refractivity contribution in [2.24, 2.45) is 0 Å². The van der Waals surface area contributed by atoms with Crippen LogP contribution in [0.4, 0.5) is 0 Å². The van der Waals surface area contributed by atoms with E-state index in [4.69, 9.17) is 0 Å². The first kappa shape index (κ1) is 15.3. The van der Waals surface area contributed by atoms with Gasteiger partial charge in [0.15, 0.2) is 0 Å². The molecule has 1 aromatic rings. The lowest BCUT2D eigenvalue weighted by atomic mass is 9.97. The summed E-state index contributed by atoms with van der Waals surface area (Å²) >= 11 is 0. The summed E-state index contributed by atoms with van der Waals surface area (Å²) in [4.78, 5) is 37.6. The van der Waals surface area contributed by atoms with E-state index in [0.717, 1.165) is 0 Å². The van der Waals surface area contributed by atoms with Crippen LogP contribution in [-0.4, -0.2) is 39.9 Å². The van der Waals surface area contributed by atoms with Crippen molar-refractivity contribution in [3.63, 3.8) is 0 Å². The van der Waals surface area contributed by atoms with Crippen molar-refractivity contribution < 1.29 is 9.59 Å². The summed E-state index contributed by atoms with van der Waals surface area (Å²) in [6.45, 7) is 4.87. The third kappa shape index (κ3) is 3.32. The first-order valence-corrected chi connectivity index (χ1v) is 7.22. The molecule has 1 aromatic heterocycles. The van der Waals surface area contributed by atoms with E-state index in [1.54, 1.807) is 34.7 Å². The Morgan fingerprint density at radius 2 is 2.00 bits per heavy atom. The average Bonchev–Trinajstić information content (AvgIpc) is 2.57. The molecule has 21 heavy (non-hydrogen) atoms. The van der Waals surface area contributed by atoms with Gasteiger partial charge in [0.05, 0.1) is 0 Å². The second-order valence-electron chi connectivity index (χ2n) is 5.51. The topological polar surface area (TPSA) is 71.4 Å². The lowest BCUT2D eigenvalue weighted by Gasteiger charge is -2.31. The molecule has 0 spiro atoms. The van der Waals surface area contributed by atoms with Crippen LogP contribution in [0.3, 0.4) is 0 Å². The zero-order valence-corrected chi connectivity index (χ0v) is 12.5. The number of carbonyl (C=O) groups is 2. The molecule has 2 rings (SSSR count). The van der Waals surface area contributed by atoms with Gasteiger partial charge in [-0.3, -0.25) is 14.4 Å². The number of hydrogen-bond donors (Lipinski definition) is 1. The molecule has 0 saturated carbocycles. The van der Waals surface area contributed by atoms with E-state index in [1.807, 2.05) is 6.92 Å². The molecule has 2 heterocycles. The van der Waals surface area contributed by atoms with Gasteiger partial charge in [0.1, 0.15) is 5.54 Å². The second kappa shape index (κ2) is 6.11. The molecule has 1 unspecified atom stereocenters. The summed E-state index contributed by atoms with van der Waals surface area (Å²) in [7, 11) is 0. The minimum Gasteiger partial charge on any atom is -0.342 e. The predicted molar refractivity (Wildman–Crippen MR) is 78.7 cm³/mol. The minimum atomic E-state index is -0.852. The molecule has 1 atom stereocenters. The van der Waals surface area contributed by atoms with Gasteiger partial charge in [-0.05, 0) is 19.4 Å². The largest absolute Gasteiger partial charge is 0.342 e. The van der Waals surface area contributed by atoms with E-state index in [1.165, 1.54) is 6.07 Å². The van der Waals surface area contributed by atoms with E-state index in [0.29, 0.717) is 32.5 Å². The van der Waals surface area contributed by atoms with Gasteiger partial charge < -0.3 is 14.8 Å². The van der Waals surface area contributed by atoms with Crippen molar-refractivity contribution in [1.82, 2.24) is 14.8 Å². The molecule has 6 heteroatoms. The summed E-state index contributed by atoms with van der Waals surface area (Å²) in [5.41, 5.74) is -0.942. The maximum Gasteiger partial charge on any atom is 0.250 e. The van der Waals surface area contributed by atoms with Crippen LogP contribution >= 0.6 is 0 Å². The highest BCUT2D eigenvalue weighted by molar-refractivity contribution is 5.93. The van der Waals surface area contributed by atoms with Crippen molar-refractivity contribution >= 4 is 11.8 Å². The Morgan fingerprint density at radius 1 is 1.24 bits per heavy atom. The zero-order chi connectivity index (χ0) is 15.5. The van der Waals surface area contributed by atoms with Gasteiger partial charge >= 0.3 is 0 Å². The third-order valence-corrected chi connectivity index (χ3v) is 4.00. The first-order chi connectivity index (χ1) is 9.96. The van der Waals surface area contributed by atoms with Crippen molar-refractivity contribution in [2.75, 3.05) is 13.1 Å². The van der Waals surface area contributed by atoms with Crippen LogP contribution in [0.25, 0.3) is 0 Å². The predicted octanol–water partition coefficient (Wildman–Crippen LogP) is 0.365. The van der Waals surface area contributed by atoms with Crippen LogP contribution < -0.4 is 10.9 Å². The Kier molecular flexibility index (Phi) is 4.45. The normalized spacial score (nSPS) is 22.9. The SMILES string of the molecule is CCC1(C)NC(=O)CCN(CCn2ccccc2=O)C1=O. The van der Waals surface area contributed by atoms with Crippen molar-refractivity contribution in [3.8, 4) is 0 Å². The van der Waals surface area contributed by atoms with Crippen molar-refractivity contribution in [3.05, 3.63) is 34.7 Å². The van der Waals surface area contributed by atoms with Gasteiger partial charge in [-0.2, -0.15) is 0 Å². The third-order valence-electron chi connectivity index (χ3n) is 4.00. The van der Waals surface area contributed by atoms with Gasteiger partial charge in [0, 0.05) is 38.3 Å². The van der Waals surface area contributed by atoms with Crippen molar-refractivity contribution in [1.29, 1.82) is 0 Å². The number of pyridine rings is 1. The molecule has 0 aromatic carbocycles. The molecule has 1 N–H and O–H groups in total. The molecule has 0 bridgehead atoms. The molecule has 1 fully saturated rings. The van der Waals surface area contributed by atoms with Crippen LogP contribution in [0.2, 0.25) is 0 Å². The van der Waals surface area contributed by atoms with Gasteiger partial charge in [0.2, 0.25) is 11.8 Å². The summed E-state index contributed by atoms with van der Waals surface area (Å²) in [5.74, 6) is -0.188. The van der Waals surface area contributed by atoms with Crippen LogP contribution in [0.15, 0.2) is 29.2 Å². The van der Waals surface area contributed by atoms with E-state index in [9.17, 15) is 14.4 Å². The van der Waals surface area contributed by atoms with Crippen LogP contribution in [0.5, 0.6) is 0 Å². The van der Waals surface area contributed by atoms with Crippen LogP contribution in [0.1, 0.15) is 26.7 Å². The van der Waals surface area contributed by atoms with Crippen LogP contribution in [0, 0.1) is 0 Å². The first-order valence-electron chi connectivity index (χ1n) is 7.22. The number of nitrogens with one attached hydrogen (secondary N) is 1. The molecule has 1 aliphatic heterocycles. The average molecular weight is 291 g/mol. The molecule has 0 aliphatic carbocycles. The number of hydrogen-bond acceptors (Lipinski definition) is 3. The number of carbonyl (C=O) groups excluding carboxylic acids is 2. The molecule has 2 amide bonds. The standard InChI is InChI=1S/C15H21N3O3/c1-3-15(2)14(21)18(9-7-12(19)16-15)11-10-17-8-5-4-6-13(17)20/h4-6,8H,3,7,9-11H2,1-2H3,(H,16,19). The Morgan fingerprint density at radius 3 is 2.67 bits per heavy atom. The molecular weight excluding hydrogens is 270 g/mol. The Balaban J connectivity index is 2.11. The fourth-order valence-corrected chi connectivity index (χ4v) is 2.44. The van der Waals surface area contributed by atoms with Gasteiger partial charge in [-0.25, -0.2) is 0 Å². The molecule has 1 saturated heterocycles. The number of rotatable bonds is 4. The smallest absolute Gasteiger partial charge is 0.250 e. The summed E-state index contributed by atoms with van der Waals surface area (Å²) in [5, 5.41) is 2.80. The Bertz CT molecular complexity index is 596. The maximum absolute atomic E-state index is 12.6. The lowest BCUT2D eigenvalue weighted by molar-refractivity contribution is -0.138. The lowest BCUT2D eigenvalue weighted by Crippen LogP contribution is -2.55. The molecule has 1 aliphatic rings. The number of amides is 2. The highest BCUT2D eigenvalue weighted by atomic mass is 16.2. The van der Waals surface area contributed by atoms with E-state index >= 15 is 0 Å². The number of aromatic nitrogens is 1. The van der Waals surface area contributed by atoms with Crippen molar-refractivity contribution in [2.45, 2.75) is 38.8 Å². The molecular formula is C15H21N3O3. The second-order valence-corrected chi connectivity index (χ2v) is 5.51. The minimum absolute atomic E-state index is 0.0835. The fourth-order valence-electron chi connectivity index (χ4n) is 2.44. The number of nitrogens with zero attached hydrogens (tertiary/aromatic N) is 2. The van der Waals surface area contributed by atoms with E-state index in [2.05, 4.69) is 5.32 Å². The van der Waals surface area contributed by atoms with Gasteiger partial charge in [-0.15, -0.1) is 0 Å². The summed E-state index contributed by atoms with van der Waals surface area (Å²) in [6.07, 6.45) is 2.54. The van der Waals surface area contributed by atoms with E-state index < -0.39 is 5.54 Å². The Labute approximate surface area is 123 Å². The summed E-state index contributed by atoms with van der Waals surface area (Å²) < 4.78 is 1.57. The summed E-state index contributed by atoms with van der Waals surface area (Å²) in [6, 6.07) is 4.96. The zero-order valence-electron chi connectivity index (χ0n) is 12.5. The van der Waals surface area contributed by atoms with E-state index in [-0.39, 0.29) is 17.4 Å². The quantitative estimate of drug-likeness (QED) is 0.871. The molecule has 0 radical (unpaired) electrons. The highest BCUT2D eigenvalue weighted by Gasteiger charge is 2.38. The Hall–Kier alpha value is -2.11. The maximum atomic E-state index is 12.6. The monoisotopic (exact) mass is 291 g/mol. The van der Waals surface area contributed by atoms with Crippen LogP contribution in [-0.2, 0) is 16.1 Å².